The van der Waals surface area contributed by atoms with E-state index >= 15 is 0 Å². The molecule has 1 aliphatic heterocycles. The van der Waals surface area contributed by atoms with E-state index in [2.05, 4.69) is 21.0 Å². The van der Waals surface area contributed by atoms with Gasteiger partial charge in [0.15, 0.2) is 0 Å². The zero-order valence-electron chi connectivity index (χ0n) is 12.4. The molecule has 1 saturated heterocycles. The Hall–Kier alpha value is -2.75. The number of ether oxygens (including phenoxy) is 1. The molecule has 0 saturated carbocycles. The third-order valence-corrected chi connectivity index (χ3v) is 3.41. The summed E-state index contributed by atoms with van der Waals surface area (Å²) in [5.74, 6) is 0. The summed E-state index contributed by atoms with van der Waals surface area (Å²) in [7, 11) is 0. The van der Waals surface area contributed by atoms with Gasteiger partial charge >= 0.3 is 12.1 Å². The molecule has 7 heteroatoms. The highest BCUT2D eigenvalue weighted by atomic mass is 16.5. The van der Waals surface area contributed by atoms with Crippen LogP contribution in [0.5, 0.6) is 0 Å². The molecule has 0 radical (unpaired) electrons. The summed E-state index contributed by atoms with van der Waals surface area (Å²) in [4.78, 5) is 26.8. The minimum Gasteiger partial charge on any atom is -0.450 e. The molecular formula is C15H18N4O3. The Morgan fingerprint density at radius 3 is 2.41 bits per heavy atom. The maximum Gasteiger partial charge on any atom is 0.415 e. The third kappa shape index (κ3) is 3.88. The Kier molecular flexibility index (Phi) is 5.20. The Bertz CT molecular complexity index is 571. The van der Waals surface area contributed by atoms with Gasteiger partial charge in [0.2, 0.25) is 0 Å². The summed E-state index contributed by atoms with van der Waals surface area (Å²) in [5, 5.41) is 11.0. The SMILES string of the molecule is CCOC(=O)NC(=O)N1CCN(c2ccc(C#N)cc2)CC1. The Balaban J connectivity index is 1.85. The molecule has 7 nitrogen and oxygen atoms in total. The van der Waals surface area contributed by atoms with Crippen molar-refractivity contribution in [3.8, 4) is 6.07 Å². The van der Waals surface area contributed by atoms with E-state index in [1.807, 2.05) is 12.1 Å². The van der Waals surface area contributed by atoms with Crippen LogP contribution in [0.25, 0.3) is 0 Å². The minimum absolute atomic E-state index is 0.228. The highest BCUT2D eigenvalue weighted by Crippen LogP contribution is 2.17. The molecular weight excluding hydrogens is 284 g/mol. The fourth-order valence-corrected chi connectivity index (χ4v) is 2.25. The standard InChI is InChI=1S/C15H18N4O3/c1-2-22-15(21)17-14(20)19-9-7-18(8-10-19)13-5-3-12(11-16)4-6-13/h3-6H,2,7-10H2,1H3,(H,17,20,21). The van der Waals surface area contributed by atoms with Gasteiger partial charge < -0.3 is 14.5 Å². The smallest absolute Gasteiger partial charge is 0.415 e. The number of hydrogen-bond donors (Lipinski definition) is 1. The van der Waals surface area contributed by atoms with Gasteiger partial charge in [0.05, 0.1) is 18.2 Å². The van der Waals surface area contributed by atoms with Crippen molar-refractivity contribution in [3.63, 3.8) is 0 Å². The van der Waals surface area contributed by atoms with E-state index in [-0.39, 0.29) is 6.61 Å². The van der Waals surface area contributed by atoms with Crippen molar-refractivity contribution in [1.29, 1.82) is 5.26 Å². The number of imide groups is 1. The first-order valence-corrected chi connectivity index (χ1v) is 7.12. The number of carbonyl (C=O) groups is 2. The predicted octanol–water partition coefficient (Wildman–Crippen LogP) is 1.55. The monoisotopic (exact) mass is 302 g/mol. The second-order valence-electron chi connectivity index (χ2n) is 4.78. The zero-order chi connectivity index (χ0) is 15.9. The van der Waals surface area contributed by atoms with Gasteiger partial charge in [-0.25, -0.2) is 14.9 Å². The van der Waals surface area contributed by atoms with E-state index < -0.39 is 12.1 Å². The average molecular weight is 302 g/mol. The first-order valence-electron chi connectivity index (χ1n) is 7.12. The molecule has 1 N–H and O–H groups in total. The molecule has 0 spiro atoms. The Morgan fingerprint density at radius 1 is 1.23 bits per heavy atom. The minimum atomic E-state index is -0.720. The second kappa shape index (κ2) is 7.31. The van der Waals surface area contributed by atoms with Gasteiger partial charge in [-0.05, 0) is 31.2 Å². The van der Waals surface area contributed by atoms with Gasteiger partial charge in [-0.15, -0.1) is 0 Å². The van der Waals surface area contributed by atoms with E-state index in [0.717, 1.165) is 5.69 Å². The summed E-state index contributed by atoms with van der Waals surface area (Å²) in [6.07, 6.45) is -0.720. The van der Waals surface area contributed by atoms with Gasteiger partial charge in [-0.3, -0.25) is 0 Å². The molecule has 0 bridgehead atoms. The fraction of sp³-hybridized carbons (Fsp3) is 0.400. The average Bonchev–Trinajstić information content (AvgIpc) is 2.55. The second-order valence-corrected chi connectivity index (χ2v) is 4.78. The van der Waals surface area contributed by atoms with Crippen molar-refractivity contribution in [2.45, 2.75) is 6.92 Å². The number of carbonyl (C=O) groups excluding carboxylic acids is 2. The largest absolute Gasteiger partial charge is 0.450 e. The van der Waals surface area contributed by atoms with Crippen LogP contribution in [0.2, 0.25) is 0 Å². The van der Waals surface area contributed by atoms with E-state index in [1.54, 1.807) is 24.0 Å². The molecule has 3 amide bonds. The molecule has 0 aromatic heterocycles. The van der Waals surface area contributed by atoms with E-state index in [1.165, 1.54) is 0 Å². The first kappa shape index (κ1) is 15.6. The quantitative estimate of drug-likeness (QED) is 0.895. The highest BCUT2D eigenvalue weighted by molar-refractivity contribution is 5.90. The summed E-state index contributed by atoms with van der Waals surface area (Å²) < 4.78 is 4.68. The molecule has 1 aromatic rings. The number of piperazine rings is 1. The number of hydrogen-bond acceptors (Lipinski definition) is 5. The number of nitriles is 1. The van der Waals surface area contributed by atoms with Gasteiger partial charge in [-0.1, -0.05) is 0 Å². The first-order chi connectivity index (χ1) is 10.6. The summed E-state index contributed by atoms with van der Waals surface area (Å²) >= 11 is 0. The van der Waals surface area contributed by atoms with E-state index in [0.29, 0.717) is 31.7 Å². The highest BCUT2D eigenvalue weighted by Gasteiger charge is 2.22. The van der Waals surface area contributed by atoms with Gasteiger partial charge in [0, 0.05) is 31.9 Å². The van der Waals surface area contributed by atoms with Crippen LogP contribution in [0, 0.1) is 11.3 Å². The number of alkyl carbamates (subject to hydrolysis) is 1. The topological polar surface area (TPSA) is 85.7 Å². The van der Waals surface area contributed by atoms with Crippen LogP contribution in [-0.4, -0.2) is 49.8 Å². The number of rotatable bonds is 2. The van der Waals surface area contributed by atoms with Crippen LogP contribution in [0.3, 0.4) is 0 Å². The molecule has 2 rings (SSSR count). The molecule has 1 heterocycles. The molecule has 1 fully saturated rings. The number of benzene rings is 1. The van der Waals surface area contributed by atoms with Gasteiger partial charge in [-0.2, -0.15) is 5.26 Å². The van der Waals surface area contributed by atoms with Crippen molar-refractivity contribution in [2.75, 3.05) is 37.7 Å². The number of amides is 3. The zero-order valence-corrected chi connectivity index (χ0v) is 12.4. The Labute approximate surface area is 129 Å². The maximum absolute atomic E-state index is 11.9. The molecule has 1 aromatic carbocycles. The molecule has 0 aliphatic carbocycles. The number of urea groups is 1. The van der Waals surface area contributed by atoms with Crippen molar-refractivity contribution in [2.24, 2.45) is 0 Å². The number of nitrogens with one attached hydrogen (secondary N) is 1. The van der Waals surface area contributed by atoms with Crippen LogP contribution < -0.4 is 10.2 Å². The van der Waals surface area contributed by atoms with E-state index in [4.69, 9.17) is 5.26 Å². The number of anilines is 1. The fourth-order valence-electron chi connectivity index (χ4n) is 2.25. The number of nitrogens with zero attached hydrogens (tertiary/aromatic N) is 3. The van der Waals surface area contributed by atoms with Gasteiger partial charge in [0.1, 0.15) is 0 Å². The molecule has 22 heavy (non-hydrogen) atoms. The van der Waals surface area contributed by atoms with Crippen molar-refractivity contribution in [3.05, 3.63) is 29.8 Å². The van der Waals surface area contributed by atoms with E-state index in [9.17, 15) is 9.59 Å². The van der Waals surface area contributed by atoms with Crippen LogP contribution in [-0.2, 0) is 4.74 Å². The molecule has 0 unspecified atom stereocenters. The lowest BCUT2D eigenvalue weighted by atomic mass is 10.2. The van der Waals surface area contributed by atoms with Crippen molar-refractivity contribution < 1.29 is 14.3 Å². The third-order valence-electron chi connectivity index (χ3n) is 3.41. The van der Waals surface area contributed by atoms with Crippen LogP contribution >= 0.6 is 0 Å². The van der Waals surface area contributed by atoms with Crippen molar-refractivity contribution >= 4 is 17.8 Å². The lowest BCUT2D eigenvalue weighted by Crippen LogP contribution is -2.52. The van der Waals surface area contributed by atoms with Crippen molar-refractivity contribution in [1.82, 2.24) is 10.2 Å². The maximum atomic E-state index is 11.9. The normalized spacial score (nSPS) is 14.2. The lowest BCUT2D eigenvalue weighted by molar-refractivity contribution is 0.146. The summed E-state index contributed by atoms with van der Waals surface area (Å²) in [5.41, 5.74) is 1.64. The van der Waals surface area contributed by atoms with Crippen LogP contribution in [0.15, 0.2) is 24.3 Å². The molecule has 0 atom stereocenters. The summed E-state index contributed by atoms with van der Waals surface area (Å²) in [6, 6.07) is 8.99. The Morgan fingerprint density at radius 2 is 1.86 bits per heavy atom. The molecule has 116 valence electrons. The van der Waals surface area contributed by atoms with Crippen LogP contribution in [0.4, 0.5) is 15.3 Å². The molecule has 1 aliphatic rings. The van der Waals surface area contributed by atoms with Crippen LogP contribution in [0.1, 0.15) is 12.5 Å². The van der Waals surface area contributed by atoms with Gasteiger partial charge in [0.25, 0.3) is 0 Å². The summed E-state index contributed by atoms with van der Waals surface area (Å²) in [6.45, 7) is 4.28. The predicted molar refractivity (Wildman–Crippen MR) is 80.5 cm³/mol. The lowest BCUT2D eigenvalue weighted by Gasteiger charge is -2.35.